The fourth-order valence-corrected chi connectivity index (χ4v) is 2.20. The van der Waals surface area contributed by atoms with Gasteiger partial charge in [-0.05, 0) is 34.5 Å². The lowest BCUT2D eigenvalue weighted by molar-refractivity contribution is 0.588. The second kappa shape index (κ2) is 6.21. The average molecular weight is 286 g/mol. The van der Waals surface area contributed by atoms with Gasteiger partial charge in [-0.15, -0.1) is 0 Å². The lowest BCUT2D eigenvalue weighted by atomic mass is 10.3. The Hall–Kier alpha value is -0.610. The fraction of sp³-hybridized carbons (Fsp3) is 0.583. The molecule has 0 amide bonds. The predicted molar refractivity (Wildman–Crippen MR) is 73.1 cm³/mol. The SMILES string of the molecule is Cc1cnc(N(C)CCNC(C)C)c(Br)c1. The summed E-state index contributed by atoms with van der Waals surface area (Å²) in [6.07, 6.45) is 1.90. The van der Waals surface area contributed by atoms with Crippen molar-refractivity contribution in [2.24, 2.45) is 0 Å². The average Bonchev–Trinajstić information content (AvgIpc) is 2.16. The summed E-state index contributed by atoms with van der Waals surface area (Å²) in [5, 5.41) is 3.39. The number of anilines is 1. The van der Waals surface area contributed by atoms with Crippen LogP contribution in [0.1, 0.15) is 19.4 Å². The minimum atomic E-state index is 0.530. The minimum absolute atomic E-state index is 0.530. The van der Waals surface area contributed by atoms with Crippen LogP contribution in [0.25, 0.3) is 0 Å². The highest BCUT2D eigenvalue weighted by molar-refractivity contribution is 9.10. The van der Waals surface area contributed by atoms with Crippen molar-refractivity contribution >= 4 is 21.7 Å². The van der Waals surface area contributed by atoms with Gasteiger partial charge in [-0.2, -0.15) is 0 Å². The van der Waals surface area contributed by atoms with Crippen molar-refractivity contribution in [2.45, 2.75) is 26.8 Å². The van der Waals surface area contributed by atoms with Crippen LogP contribution in [-0.4, -0.2) is 31.2 Å². The molecule has 0 saturated heterocycles. The first kappa shape index (κ1) is 13.5. The number of rotatable bonds is 5. The van der Waals surface area contributed by atoms with Crippen LogP contribution in [0.3, 0.4) is 0 Å². The molecular weight excluding hydrogens is 266 g/mol. The third kappa shape index (κ3) is 4.10. The Balaban J connectivity index is 2.55. The second-order valence-electron chi connectivity index (χ2n) is 4.35. The quantitative estimate of drug-likeness (QED) is 0.901. The summed E-state index contributed by atoms with van der Waals surface area (Å²) in [6, 6.07) is 2.62. The molecule has 0 unspecified atom stereocenters. The second-order valence-corrected chi connectivity index (χ2v) is 5.20. The standard InChI is InChI=1S/C12H20BrN3/c1-9(2)14-5-6-16(4)12-11(13)7-10(3)8-15-12/h7-9,14H,5-6H2,1-4H3. The lowest BCUT2D eigenvalue weighted by Crippen LogP contribution is -2.33. The molecule has 0 aromatic carbocycles. The zero-order valence-electron chi connectivity index (χ0n) is 10.4. The molecule has 0 fully saturated rings. The smallest absolute Gasteiger partial charge is 0.142 e. The maximum Gasteiger partial charge on any atom is 0.142 e. The number of aryl methyl sites for hydroxylation is 1. The molecule has 0 aliphatic carbocycles. The third-order valence-corrected chi connectivity index (χ3v) is 2.90. The normalized spacial score (nSPS) is 10.9. The zero-order valence-corrected chi connectivity index (χ0v) is 12.0. The van der Waals surface area contributed by atoms with Crippen molar-refractivity contribution in [3.8, 4) is 0 Å². The number of likely N-dealkylation sites (N-methyl/N-ethyl adjacent to an activating group) is 1. The third-order valence-electron chi connectivity index (χ3n) is 2.32. The summed E-state index contributed by atoms with van der Waals surface area (Å²) in [7, 11) is 2.06. The first-order valence-electron chi connectivity index (χ1n) is 5.57. The van der Waals surface area contributed by atoms with E-state index >= 15 is 0 Å². The van der Waals surface area contributed by atoms with Crippen molar-refractivity contribution in [1.82, 2.24) is 10.3 Å². The highest BCUT2D eigenvalue weighted by Gasteiger charge is 2.07. The van der Waals surface area contributed by atoms with Gasteiger partial charge < -0.3 is 10.2 Å². The molecule has 1 N–H and O–H groups in total. The Morgan fingerprint density at radius 3 is 2.75 bits per heavy atom. The molecule has 0 radical (unpaired) electrons. The minimum Gasteiger partial charge on any atom is -0.357 e. The first-order chi connectivity index (χ1) is 7.50. The molecule has 1 aromatic rings. The van der Waals surface area contributed by atoms with Crippen molar-refractivity contribution in [3.05, 3.63) is 22.3 Å². The zero-order chi connectivity index (χ0) is 12.1. The molecule has 0 spiro atoms. The van der Waals surface area contributed by atoms with Crippen molar-refractivity contribution < 1.29 is 0 Å². The molecule has 1 rings (SSSR count). The number of nitrogens with one attached hydrogen (secondary N) is 1. The number of nitrogens with zero attached hydrogens (tertiary/aromatic N) is 2. The summed E-state index contributed by atoms with van der Waals surface area (Å²) >= 11 is 3.54. The Labute approximate surface area is 106 Å². The maximum atomic E-state index is 4.43. The van der Waals surface area contributed by atoms with Gasteiger partial charge in [0.25, 0.3) is 0 Å². The summed E-state index contributed by atoms with van der Waals surface area (Å²) < 4.78 is 1.06. The molecule has 90 valence electrons. The molecule has 0 aliphatic rings. The van der Waals surface area contributed by atoms with Crippen LogP contribution < -0.4 is 10.2 Å². The van der Waals surface area contributed by atoms with Gasteiger partial charge >= 0.3 is 0 Å². The predicted octanol–water partition coefficient (Wildman–Crippen LogP) is 2.59. The maximum absolute atomic E-state index is 4.43. The summed E-state index contributed by atoms with van der Waals surface area (Å²) in [4.78, 5) is 6.58. The molecule has 0 saturated carbocycles. The van der Waals surface area contributed by atoms with Crippen molar-refractivity contribution in [2.75, 3.05) is 25.0 Å². The summed E-state index contributed by atoms with van der Waals surface area (Å²) in [5.74, 6) is 0.996. The van der Waals surface area contributed by atoms with Crippen LogP contribution >= 0.6 is 15.9 Å². The van der Waals surface area contributed by atoms with Crippen molar-refractivity contribution in [1.29, 1.82) is 0 Å². The lowest BCUT2D eigenvalue weighted by Gasteiger charge is -2.20. The molecule has 0 bridgehead atoms. The van der Waals surface area contributed by atoms with E-state index in [2.05, 4.69) is 58.1 Å². The van der Waals surface area contributed by atoms with E-state index in [1.54, 1.807) is 0 Å². The molecule has 0 aliphatic heterocycles. The van der Waals surface area contributed by atoms with Crippen LogP contribution in [-0.2, 0) is 0 Å². The topological polar surface area (TPSA) is 28.2 Å². The van der Waals surface area contributed by atoms with Crippen molar-refractivity contribution in [3.63, 3.8) is 0 Å². The fourth-order valence-electron chi connectivity index (χ4n) is 1.43. The van der Waals surface area contributed by atoms with Gasteiger partial charge in [0.2, 0.25) is 0 Å². The van der Waals surface area contributed by atoms with Crippen LogP contribution in [0.4, 0.5) is 5.82 Å². The van der Waals surface area contributed by atoms with E-state index in [4.69, 9.17) is 0 Å². The highest BCUT2D eigenvalue weighted by atomic mass is 79.9. The Bertz CT molecular complexity index is 339. The molecule has 16 heavy (non-hydrogen) atoms. The summed E-state index contributed by atoms with van der Waals surface area (Å²) in [6.45, 7) is 8.27. The van der Waals surface area contributed by atoms with E-state index in [-0.39, 0.29) is 0 Å². The number of aromatic nitrogens is 1. The van der Waals surface area contributed by atoms with Gasteiger partial charge in [0, 0.05) is 32.4 Å². The first-order valence-corrected chi connectivity index (χ1v) is 6.36. The Kier molecular flexibility index (Phi) is 5.22. The number of hydrogen-bond donors (Lipinski definition) is 1. The van der Waals surface area contributed by atoms with E-state index in [0.29, 0.717) is 6.04 Å². The van der Waals surface area contributed by atoms with Gasteiger partial charge in [-0.1, -0.05) is 13.8 Å². The van der Waals surface area contributed by atoms with Gasteiger partial charge in [0.1, 0.15) is 5.82 Å². The van der Waals surface area contributed by atoms with Crippen LogP contribution in [0.15, 0.2) is 16.7 Å². The molecule has 0 atom stereocenters. The highest BCUT2D eigenvalue weighted by Crippen LogP contribution is 2.23. The van der Waals surface area contributed by atoms with Crippen LogP contribution in [0, 0.1) is 6.92 Å². The van der Waals surface area contributed by atoms with E-state index in [1.165, 1.54) is 5.56 Å². The van der Waals surface area contributed by atoms with Gasteiger partial charge in [-0.3, -0.25) is 0 Å². The largest absolute Gasteiger partial charge is 0.357 e. The summed E-state index contributed by atoms with van der Waals surface area (Å²) in [5.41, 5.74) is 1.17. The molecular formula is C12H20BrN3. The van der Waals surface area contributed by atoms with E-state index < -0.39 is 0 Å². The molecule has 4 heteroatoms. The van der Waals surface area contributed by atoms with Crippen LogP contribution in [0.5, 0.6) is 0 Å². The molecule has 3 nitrogen and oxygen atoms in total. The van der Waals surface area contributed by atoms with E-state index in [9.17, 15) is 0 Å². The number of halogens is 1. The van der Waals surface area contributed by atoms with Gasteiger partial charge in [0.15, 0.2) is 0 Å². The Morgan fingerprint density at radius 2 is 2.19 bits per heavy atom. The molecule has 1 heterocycles. The van der Waals surface area contributed by atoms with E-state index in [0.717, 1.165) is 23.4 Å². The number of pyridine rings is 1. The van der Waals surface area contributed by atoms with Gasteiger partial charge in [-0.25, -0.2) is 4.98 Å². The number of hydrogen-bond acceptors (Lipinski definition) is 3. The van der Waals surface area contributed by atoms with Gasteiger partial charge in [0.05, 0.1) is 4.47 Å². The Morgan fingerprint density at radius 1 is 1.50 bits per heavy atom. The monoisotopic (exact) mass is 285 g/mol. The van der Waals surface area contributed by atoms with Crippen LogP contribution in [0.2, 0.25) is 0 Å². The molecule has 1 aromatic heterocycles. The van der Waals surface area contributed by atoms with E-state index in [1.807, 2.05) is 13.1 Å².